The molecule has 0 unspecified atom stereocenters. The van der Waals surface area contributed by atoms with E-state index in [1.54, 1.807) is 24.3 Å². The summed E-state index contributed by atoms with van der Waals surface area (Å²) in [6, 6.07) is 9.80. The number of nitrogens with one attached hydrogen (secondary N) is 2. The van der Waals surface area contributed by atoms with E-state index in [9.17, 15) is 22.8 Å². The zero-order chi connectivity index (χ0) is 19.6. The summed E-state index contributed by atoms with van der Waals surface area (Å²) in [5, 5.41) is 9.22. The third-order valence-corrected chi connectivity index (χ3v) is 3.81. The molecule has 1 heterocycles. The Morgan fingerprint density at radius 2 is 1.89 bits per heavy atom. The van der Waals surface area contributed by atoms with Crippen LogP contribution in [0.15, 0.2) is 47.3 Å². The number of anilines is 1. The second-order valence-electron chi connectivity index (χ2n) is 5.55. The molecule has 0 fully saturated rings. The van der Waals surface area contributed by atoms with Gasteiger partial charge in [0.2, 0.25) is 0 Å². The predicted molar refractivity (Wildman–Crippen MR) is 93.4 cm³/mol. The number of aromatic nitrogens is 2. The summed E-state index contributed by atoms with van der Waals surface area (Å²) in [5.74, 6) is 0. The van der Waals surface area contributed by atoms with Gasteiger partial charge in [0.05, 0.1) is 28.9 Å². The fourth-order valence-electron chi connectivity index (χ4n) is 2.65. The molecule has 0 aliphatic rings. The molecule has 3 aromatic rings. The number of ether oxygens (including phenoxy) is 1. The van der Waals surface area contributed by atoms with Gasteiger partial charge in [-0.3, -0.25) is 10.1 Å². The van der Waals surface area contributed by atoms with Crippen LogP contribution in [-0.2, 0) is 10.9 Å². The Labute approximate surface area is 151 Å². The minimum atomic E-state index is -4.67. The number of amides is 1. The lowest BCUT2D eigenvalue weighted by atomic mass is 10.0. The molecule has 0 saturated carbocycles. The summed E-state index contributed by atoms with van der Waals surface area (Å²) in [5.41, 5.74) is -1.32. The molecule has 0 aliphatic carbocycles. The number of alkyl halides is 3. The van der Waals surface area contributed by atoms with Crippen molar-refractivity contribution < 1.29 is 22.7 Å². The summed E-state index contributed by atoms with van der Waals surface area (Å²) in [7, 11) is 0. The van der Waals surface area contributed by atoms with Crippen molar-refractivity contribution >= 4 is 22.6 Å². The van der Waals surface area contributed by atoms with E-state index < -0.39 is 29.1 Å². The number of benzene rings is 2. The second kappa shape index (κ2) is 7.10. The first-order valence-electron chi connectivity index (χ1n) is 7.94. The van der Waals surface area contributed by atoms with E-state index in [0.29, 0.717) is 16.3 Å². The molecule has 0 atom stereocenters. The van der Waals surface area contributed by atoms with E-state index >= 15 is 0 Å². The third-order valence-electron chi connectivity index (χ3n) is 3.81. The van der Waals surface area contributed by atoms with Crippen LogP contribution in [0.4, 0.5) is 23.7 Å². The molecule has 27 heavy (non-hydrogen) atoms. The number of aromatic amines is 1. The monoisotopic (exact) mass is 377 g/mol. The quantitative estimate of drug-likeness (QED) is 0.717. The third kappa shape index (κ3) is 3.76. The first kappa shape index (κ1) is 18.4. The van der Waals surface area contributed by atoms with Gasteiger partial charge < -0.3 is 4.74 Å². The van der Waals surface area contributed by atoms with E-state index in [1.807, 2.05) is 0 Å². The lowest BCUT2D eigenvalue weighted by Crippen LogP contribution is -2.17. The molecule has 3 rings (SSSR count). The van der Waals surface area contributed by atoms with Crippen LogP contribution >= 0.6 is 0 Å². The van der Waals surface area contributed by atoms with Gasteiger partial charge in [0.1, 0.15) is 0 Å². The Balaban J connectivity index is 2.17. The number of H-pyrrole nitrogens is 1. The van der Waals surface area contributed by atoms with Crippen molar-refractivity contribution in [1.82, 2.24) is 10.2 Å². The minimum Gasteiger partial charge on any atom is -0.450 e. The number of halogens is 3. The van der Waals surface area contributed by atoms with E-state index in [4.69, 9.17) is 0 Å². The number of carbonyl (C=O) groups excluding carboxylic acids is 1. The van der Waals surface area contributed by atoms with E-state index in [1.165, 1.54) is 13.0 Å². The van der Waals surface area contributed by atoms with Gasteiger partial charge in [-0.25, -0.2) is 9.89 Å². The zero-order valence-corrected chi connectivity index (χ0v) is 14.1. The van der Waals surface area contributed by atoms with Crippen molar-refractivity contribution in [3.05, 3.63) is 58.4 Å². The highest BCUT2D eigenvalue weighted by Gasteiger charge is 2.34. The van der Waals surface area contributed by atoms with E-state index in [-0.39, 0.29) is 12.3 Å². The molecule has 1 aromatic heterocycles. The van der Waals surface area contributed by atoms with Crippen molar-refractivity contribution in [3.63, 3.8) is 0 Å². The first-order valence-corrected chi connectivity index (χ1v) is 7.94. The molecule has 9 heteroatoms. The maximum absolute atomic E-state index is 13.3. The van der Waals surface area contributed by atoms with Crippen LogP contribution in [0.1, 0.15) is 12.5 Å². The fourth-order valence-corrected chi connectivity index (χ4v) is 2.65. The number of nitrogens with zero attached hydrogens (tertiary/aromatic N) is 1. The maximum atomic E-state index is 13.3. The average molecular weight is 377 g/mol. The van der Waals surface area contributed by atoms with Gasteiger partial charge in [0, 0.05) is 10.9 Å². The van der Waals surface area contributed by atoms with Gasteiger partial charge >= 0.3 is 12.3 Å². The molecule has 0 bridgehead atoms. The van der Waals surface area contributed by atoms with Gasteiger partial charge in [-0.1, -0.05) is 24.3 Å². The van der Waals surface area contributed by atoms with Crippen LogP contribution in [-0.4, -0.2) is 22.9 Å². The highest BCUT2D eigenvalue weighted by Crippen LogP contribution is 2.37. The van der Waals surface area contributed by atoms with Crippen molar-refractivity contribution in [3.8, 4) is 11.3 Å². The molecule has 0 spiro atoms. The normalized spacial score (nSPS) is 11.4. The van der Waals surface area contributed by atoms with Crippen molar-refractivity contribution in [2.45, 2.75) is 13.1 Å². The molecule has 0 saturated heterocycles. The number of rotatable bonds is 3. The van der Waals surface area contributed by atoms with Gasteiger partial charge in [-0.15, -0.1) is 0 Å². The zero-order valence-electron chi connectivity index (χ0n) is 14.1. The first-order chi connectivity index (χ1) is 12.8. The van der Waals surface area contributed by atoms with Crippen molar-refractivity contribution in [2.75, 3.05) is 11.9 Å². The van der Waals surface area contributed by atoms with Crippen LogP contribution in [0.5, 0.6) is 0 Å². The largest absolute Gasteiger partial charge is 0.450 e. The highest BCUT2D eigenvalue weighted by atomic mass is 19.4. The van der Waals surface area contributed by atoms with Crippen LogP contribution in [0, 0.1) is 0 Å². The molecule has 6 nitrogen and oxygen atoms in total. The summed E-state index contributed by atoms with van der Waals surface area (Å²) >= 11 is 0. The summed E-state index contributed by atoms with van der Waals surface area (Å²) in [6.45, 7) is 1.55. The smallest absolute Gasteiger partial charge is 0.418 e. The Morgan fingerprint density at radius 3 is 2.56 bits per heavy atom. The Hall–Kier alpha value is -3.36. The molecular weight excluding hydrogens is 363 g/mol. The second-order valence-corrected chi connectivity index (χ2v) is 5.55. The summed E-state index contributed by atoms with van der Waals surface area (Å²) < 4.78 is 44.5. The Kier molecular flexibility index (Phi) is 4.85. The maximum Gasteiger partial charge on any atom is 0.418 e. The van der Waals surface area contributed by atoms with Crippen LogP contribution < -0.4 is 10.9 Å². The number of hydrogen-bond acceptors (Lipinski definition) is 4. The predicted octanol–water partition coefficient (Wildman–Crippen LogP) is 4.18. The molecular formula is C18H14F3N3O3. The molecule has 0 radical (unpaired) electrons. The van der Waals surface area contributed by atoms with E-state index in [0.717, 1.165) is 12.1 Å². The van der Waals surface area contributed by atoms with Crippen molar-refractivity contribution in [2.24, 2.45) is 0 Å². The SMILES string of the molecule is CCOC(=O)Nc1cc(-c2n[nH]c(=O)c3ccccc23)ccc1C(F)(F)F. The summed E-state index contributed by atoms with van der Waals surface area (Å²) in [4.78, 5) is 23.5. The number of hydrogen-bond donors (Lipinski definition) is 2. The molecule has 2 aromatic carbocycles. The van der Waals surface area contributed by atoms with Crippen LogP contribution in [0.3, 0.4) is 0 Å². The molecule has 140 valence electrons. The lowest BCUT2D eigenvalue weighted by Gasteiger charge is -2.15. The number of carbonyl (C=O) groups is 1. The van der Waals surface area contributed by atoms with Crippen LogP contribution in [0.2, 0.25) is 0 Å². The van der Waals surface area contributed by atoms with Gasteiger partial charge in [0.15, 0.2) is 0 Å². The van der Waals surface area contributed by atoms with E-state index in [2.05, 4.69) is 20.3 Å². The van der Waals surface area contributed by atoms with Gasteiger partial charge in [0.25, 0.3) is 5.56 Å². The summed E-state index contributed by atoms with van der Waals surface area (Å²) in [6.07, 6.45) is -5.67. The molecule has 1 amide bonds. The standard InChI is InChI=1S/C18H14F3N3O3/c1-2-27-17(26)22-14-9-10(7-8-13(14)18(19,20)21)15-11-5-3-4-6-12(11)16(25)24-23-15/h3-9H,2H2,1H3,(H,22,26)(H,24,25). The van der Waals surface area contributed by atoms with Crippen molar-refractivity contribution in [1.29, 1.82) is 0 Å². The number of fused-ring (bicyclic) bond motifs is 1. The Morgan fingerprint density at radius 1 is 1.19 bits per heavy atom. The Bertz CT molecular complexity index is 1060. The average Bonchev–Trinajstić information content (AvgIpc) is 2.61. The van der Waals surface area contributed by atoms with Crippen LogP contribution in [0.25, 0.3) is 22.0 Å². The topological polar surface area (TPSA) is 84.1 Å². The highest BCUT2D eigenvalue weighted by molar-refractivity contribution is 5.95. The lowest BCUT2D eigenvalue weighted by molar-refractivity contribution is -0.136. The fraction of sp³-hybridized carbons (Fsp3) is 0.167. The molecule has 0 aliphatic heterocycles. The van der Waals surface area contributed by atoms with Gasteiger partial charge in [-0.2, -0.15) is 18.3 Å². The van der Waals surface area contributed by atoms with Gasteiger partial charge in [-0.05, 0) is 25.1 Å². The minimum absolute atomic E-state index is 0.0129. The molecule has 2 N–H and O–H groups in total.